The van der Waals surface area contributed by atoms with E-state index < -0.39 is 6.17 Å². The van der Waals surface area contributed by atoms with E-state index in [1.54, 1.807) is 30.5 Å². The first kappa shape index (κ1) is 20.3. The van der Waals surface area contributed by atoms with Crippen molar-refractivity contribution in [3.05, 3.63) is 42.6 Å². The average Bonchev–Trinajstić information content (AvgIpc) is 2.86. The van der Waals surface area contributed by atoms with Gasteiger partial charge in [0, 0.05) is 35.5 Å². The third kappa shape index (κ3) is 3.66. The van der Waals surface area contributed by atoms with E-state index in [1.807, 2.05) is 17.0 Å². The number of rotatable bonds is 3. The van der Waals surface area contributed by atoms with Gasteiger partial charge in [0.25, 0.3) is 0 Å². The van der Waals surface area contributed by atoms with Crippen molar-refractivity contribution in [1.29, 1.82) is 0 Å². The maximum absolute atomic E-state index is 15.3. The number of halogens is 1. The van der Waals surface area contributed by atoms with E-state index in [1.165, 1.54) is 0 Å². The van der Waals surface area contributed by atoms with Gasteiger partial charge in [0.1, 0.15) is 24.2 Å². The Balaban J connectivity index is 1.30. The van der Waals surface area contributed by atoms with E-state index in [0.29, 0.717) is 47.7 Å². The van der Waals surface area contributed by atoms with Crippen molar-refractivity contribution in [2.75, 3.05) is 18.1 Å². The van der Waals surface area contributed by atoms with Crippen LogP contribution >= 0.6 is 0 Å². The van der Waals surface area contributed by atoms with Crippen LogP contribution in [0.4, 0.5) is 10.2 Å². The zero-order valence-corrected chi connectivity index (χ0v) is 18.1. The minimum absolute atomic E-state index is 0.0649. The van der Waals surface area contributed by atoms with Gasteiger partial charge in [-0.2, -0.15) is 10.2 Å². The SMILES string of the molecule is Oc1cc(-c2cccnn2)ccc1-c1cc2c(nn1)N([C@H]1CC3CCC[C@@H](N3)[C@H]1F)CCO2. The number of benzene rings is 1. The minimum atomic E-state index is -0.952. The number of hydrogen-bond donors (Lipinski definition) is 2. The molecule has 0 saturated carbocycles. The Kier molecular flexibility index (Phi) is 5.05. The number of phenolic OH excluding ortho intramolecular Hbond substituents is 1. The lowest BCUT2D eigenvalue weighted by atomic mass is 9.82. The smallest absolute Gasteiger partial charge is 0.194 e. The minimum Gasteiger partial charge on any atom is -0.507 e. The second kappa shape index (κ2) is 8.22. The normalized spacial score (nSPS) is 26.4. The number of piperidine rings is 2. The maximum atomic E-state index is 15.3. The van der Waals surface area contributed by atoms with Gasteiger partial charge >= 0.3 is 0 Å². The molecule has 2 bridgehead atoms. The van der Waals surface area contributed by atoms with Crippen LogP contribution in [0, 0.1) is 0 Å². The van der Waals surface area contributed by atoms with Crippen LogP contribution in [0.3, 0.4) is 0 Å². The number of hydrogen-bond acceptors (Lipinski definition) is 8. The van der Waals surface area contributed by atoms with Crippen molar-refractivity contribution >= 4 is 5.82 Å². The number of alkyl halides is 1. The van der Waals surface area contributed by atoms with Gasteiger partial charge in [0.05, 0.1) is 18.3 Å². The molecule has 3 aliphatic heterocycles. The van der Waals surface area contributed by atoms with Crippen LogP contribution in [0.1, 0.15) is 25.7 Å². The number of nitrogens with zero attached hydrogens (tertiary/aromatic N) is 5. The molecular weight excluding hydrogens is 423 g/mol. The first-order valence-electron chi connectivity index (χ1n) is 11.5. The summed E-state index contributed by atoms with van der Waals surface area (Å²) in [6.07, 6.45) is 4.45. The Morgan fingerprint density at radius 3 is 2.88 bits per heavy atom. The molecule has 0 spiro atoms. The lowest BCUT2D eigenvalue weighted by molar-refractivity contribution is 0.100. The molecule has 3 aliphatic rings. The van der Waals surface area contributed by atoms with Crippen molar-refractivity contribution < 1.29 is 14.2 Å². The van der Waals surface area contributed by atoms with Crippen LogP contribution < -0.4 is 15.0 Å². The number of nitrogens with one attached hydrogen (secondary N) is 1. The summed E-state index contributed by atoms with van der Waals surface area (Å²) in [4.78, 5) is 2.03. The third-order valence-electron chi connectivity index (χ3n) is 6.94. The molecule has 170 valence electrons. The topological polar surface area (TPSA) is 96.3 Å². The Morgan fingerprint density at radius 1 is 1.09 bits per heavy atom. The molecule has 8 nitrogen and oxygen atoms in total. The number of anilines is 1. The fraction of sp³-hybridized carbons (Fsp3) is 0.417. The summed E-state index contributed by atoms with van der Waals surface area (Å²) in [7, 11) is 0. The number of fused-ring (bicyclic) bond motifs is 3. The third-order valence-corrected chi connectivity index (χ3v) is 6.94. The van der Waals surface area contributed by atoms with E-state index in [0.717, 1.165) is 31.2 Å². The van der Waals surface area contributed by atoms with Crippen LogP contribution in [0.25, 0.3) is 22.5 Å². The molecule has 9 heteroatoms. The molecular formula is C24H25FN6O2. The van der Waals surface area contributed by atoms with Crippen LogP contribution in [-0.2, 0) is 0 Å². The van der Waals surface area contributed by atoms with Crippen molar-refractivity contribution in [2.45, 2.75) is 50.0 Å². The van der Waals surface area contributed by atoms with E-state index in [-0.39, 0.29) is 17.8 Å². The van der Waals surface area contributed by atoms with Gasteiger partial charge in [-0.15, -0.1) is 10.2 Å². The summed E-state index contributed by atoms with van der Waals surface area (Å²) in [6, 6.07) is 10.7. The standard InChI is InChI=1S/C24H25FN6O2/c25-23-18-4-1-3-15(27-18)12-20(23)31-9-10-33-22-13-19(29-30-24(22)31)16-7-6-14(11-21(16)32)17-5-2-8-26-28-17/h2,5-8,11,13,15,18,20,23,27,32H,1,3-4,9-10,12H2/t15?,18-,20+,23-/m1/s1. The number of aromatic nitrogens is 4. The first-order chi connectivity index (χ1) is 16.2. The Labute approximate surface area is 190 Å². The highest BCUT2D eigenvalue weighted by atomic mass is 19.1. The fourth-order valence-electron chi connectivity index (χ4n) is 5.33. The fourth-order valence-corrected chi connectivity index (χ4v) is 5.33. The van der Waals surface area contributed by atoms with Gasteiger partial charge < -0.3 is 20.1 Å². The number of aromatic hydroxyl groups is 1. The lowest BCUT2D eigenvalue weighted by Gasteiger charge is -2.47. The zero-order valence-electron chi connectivity index (χ0n) is 18.1. The molecule has 33 heavy (non-hydrogen) atoms. The molecule has 5 heterocycles. The van der Waals surface area contributed by atoms with Gasteiger partial charge in [-0.05, 0) is 43.5 Å². The summed E-state index contributed by atoms with van der Waals surface area (Å²) in [5, 5.41) is 30.9. The molecule has 0 aliphatic carbocycles. The summed E-state index contributed by atoms with van der Waals surface area (Å²) < 4.78 is 21.2. The van der Waals surface area contributed by atoms with Gasteiger partial charge in [0.15, 0.2) is 11.6 Å². The van der Waals surface area contributed by atoms with Crippen molar-refractivity contribution in [1.82, 2.24) is 25.7 Å². The molecule has 2 aromatic heterocycles. The number of ether oxygens (including phenoxy) is 1. The molecule has 3 aromatic rings. The maximum Gasteiger partial charge on any atom is 0.194 e. The summed E-state index contributed by atoms with van der Waals surface area (Å²) in [6.45, 7) is 1.05. The molecule has 0 amide bonds. The second-order valence-corrected chi connectivity index (χ2v) is 8.95. The summed E-state index contributed by atoms with van der Waals surface area (Å²) in [5.74, 6) is 1.21. The molecule has 2 saturated heterocycles. The Morgan fingerprint density at radius 2 is 2.03 bits per heavy atom. The van der Waals surface area contributed by atoms with Crippen LogP contribution in [0.5, 0.6) is 11.5 Å². The molecule has 4 atom stereocenters. The van der Waals surface area contributed by atoms with Crippen LogP contribution in [0.15, 0.2) is 42.6 Å². The molecule has 1 aromatic carbocycles. The monoisotopic (exact) mass is 448 g/mol. The molecule has 2 fully saturated rings. The van der Waals surface area contributed by atoms with Gasteiger partial charge in [-0.1, -0.05) is 12.5 Å². The molecule has 2 N–H and O–H groups in total. The van der Waals surface area contributed by atoms with Crippen LogP contribution in [-0.4, -0.2) is 63.0 Å². The predicted octanol–water partition coefficient (Wildman–Crippen LogP) is 3.13. The van der Waals surface area contributed by atoms with Crippen molar-refractivity contribution in [3.63, 3.8) is 0 Å². The highest BCUT2D eigenvalue weighted by Gasteiger charge is 2.44. The van der Waals surface area contributed by atoms with Crippen molar-refractivity contribution in [3.8, 4) is 34.0 Å². The van der Waals surface area contributed by atoms with E-state index in [4.69, 9.17) is 4.74 Å². The predicted molar refractivity (Wildman–Crippen MR) is 121 cm³/mol. The van der Waals surface area contributed by atoms with Crippen LogP contribution in [0.2, 0.25) is 0 Å². The van der Waals surface area contributed by atoms with E-state index in [2.05, 4.69) is 25.7 Å². The van der Waals surface area contributed by atoms with E-state index >= 15 is 4.39 Å². The van der Waals surface area contributed by atoms with Crippen molar-refractivity contribution in [2.24, 2.45) is 0 Å². The first-order valence-corrected chi connectivity index (χ1v) is 11.5. The summed E-state index contributed by atoms with van der Waals surface area (Å²) in [5.41, 5.74) is 2.46. The molecule has 1 unspecified atom stereocenters. The zero-order chi connectivity index (χ0) is 22.4. The Bertz CT molecular complexity index is 1160. The summed E-state index contributed by atoms with van der Waals surface area (Å²) >= 11 is 0. The Hall–Kier alpha value is -3.33. The van der Waals surface area contributed by atoms with Gasteiger partial charge in [-0.25, -0.2) is 4.39 Å². The average molecular weight is 449 g/mol. The van der Waals surface area contributed by atoms with E-state index in [9.17, 15) is 5.11 Å². The quantitative estimate of drug-likeness (QED) is 0.631. The highest BCUT2D eigenvalue weighted by Crippen LogP contribution is 2.40. The van der Waals surface area contributed by atoms with Gasteiger partial charge in [0.2, 0.25) is 0 Å². The number of phenols is 1. The largest absolute Gasteiger partial charge is 0.507 e. The highest BCUT2D eigenvalue weighted by molar-refractivity contribution is 5.74. The molecule has 6 rings (SSSR count). The van der Waals surface area contributed by atoms with Gasteiger partial charge in [-0.3, -0.25) is 0 Å². The second-order valence-electron chi connectivity index (χ2n) is 8.95. The molecule has 0 radical (unpaired) electrons. The lowest BCUT2D eigenvalue weighted by Crippen LogP contribution is -2.63.